The second-order valence-electron chi connectivity index (χ2n) is 3.14. The van der Waals surface area contributed by atoms with Crippen molar-refractivity contribution in [3.8, 4) is 0 Å². The van der Waals surface area contributed by atoms with Crippen LogP contribution in [0.2, 0.25) is 0 Å². The van der Waals surface area contributed by atoms with Gasteiger partial charge in [-0.05, 0) is 0 Å². The van der Waals surface area contributed by atoms with E-state index < -0.39 is 20.1 Å². The van der Waals surface area contributed by atoms with Gasteiger partial charge in [0.25, 0.3) is 0 Å². The molecule has 0 aliphatic carbocycles. The molecule has 1 aromatic carbocycles. The summed E-state index contributed by atoms with van der Waals surface area (Å²) in [4.78, 5) is 10.5. The predicted octanol–water partition coefficient (Wildman–Crippen LogP) is -2.27. The summed E-state index contributed by atoms with van der Waals surface area (Å²) in [6, 6.07) is 3.84. The number of nitrogen functional groups attached to an aromatic ring is 1. The fraction of sp³-hybridized carbons (Fsp3) is 0.125. The SMILES string of the molecule is NC(=O)CNc1ccc([As](=O)(O)O)cc1N. The van der Waals surface area contributed by atoms with Gasteiger partial charge in [-0.25, -0.2) is 0 Å². The number of benzene rings is 1. The molecule has 16 heavy (non-hydrogen) atoms. The van der Waals surface area contributed by atoms with E-state index in [1.807, 2.05) is 0 Å². The van der Waals surface area contributed by atoms with Crippen LogP contribution in [0.15, 0.2) is 18.2 Å². The summed E-state index contributed by atoms with van der Waals surface area (Å²) in [6.07, 6.45) is 0. The van der Waals surface area contributed by atoms with Gasteiger partial charge >= 0.3 is 94.1 Å². The first-order valence-electron chi connectivity index (χ1n) is 4.28. The molecule has 1 rings (SSSR count). The third kappa shape index (κ3) is 3.30. The maximum atomic E-state index is 11.0. The third-order valence-corrected chi connectivity index (χ3v) is 3.82. The van der Waals surface area contributed by atoms with E-state index in [1.54, 1.807) is 0 Å². The molecule has 7 N–H and O–H groups in total. The molecular weight excluding hydrogens is 277 g/mol. The van der Waals surface area contributed by atoms with Crippen molar-refractivity contribution in [2.24, 2.45) is 5.73 Å². The van der Waals surface area contributed by atoms with Crippen LogP contribution in [0, 0.1) is 0 Å². The van der Waals surface area contributed by atoms with Crippen molar-refractivity contribution < 1.29 is 16.7 Å². The molecule has 8 heteroatoms. The van der Waals surface area contributed by atoms with Crippen LogP contribution in [-0.4, -0.2) is 34.8 Å². The third-order valence-electron chi connectivity index (χ3n) is 1.82. The zero-order chi connectivity index (χ0) is 12.3. The zero-order valence-corrected chi connectivity index (χ0v) is 10.1. The van der Waals surface area contributed by atoms with Gasteiger partial charge in [0, 0.05) is 0 Å². The minimum atomic E-state index is -4.91. The van der Waals surface area contributed by atoms with Crippen molar-refractivity contribution >= 4 is 35.8 Å². The van der Waals surface area contributed by atoms with E-state index in [0.29, 0.717) is 5.69 Å². The summed E-state index contributed by atoms with van der Waals surface area (Å²) < 4.78 is 28.7. The van der Waals surface area contributed by atoms with Gasteiger partial charge in [-0.3, -0.25) is 0 Å². The minimum absolute atomic E-state index is 0.0928. The number of nitrogens with two attached hydrogens (primary N) is 2. The molecule has 0 bridgehead atoms. The van der Waals surface area contributed by atoms with Gasteiger partial charge in [0.05, 0.1) is 0 Å². The number of rotatable bonds is 4. The Morgan fingerprint density at radius 3 is 2.50 bits per heavy atom. The Labute approximate surface area is 94.4 Å². The van der Waals surface area contributed by atoms with Crippen molar-refractivity contribution in [1.82, 2.24) is 0 Å². The molecule has 0 spiro atoms. The number of anilines is 2. The molecule has 1 amide bonds. The predicted molar refractivity (Wildman–Crippen MR) is 59.1 cm³/mol. The van der Waals surface area contributed by atoms with Crippen molar-refractivity contribution in [3.05, 3.63) is 18.2 Å². The molecule has 7 nitrogen and oxygen atoms in total. The second kappa shape index (κ2) is 4.61. The van der Waals surface area contributed by atoms with Crippen molar-refractivity contribution in [2.75, 3.05) is 17.6 Å². The van der Waals surface area contributed by atoms with Gasteiger partial charge in [0.1, 0.15) is 0 Å². The van der Waals surface area contributed by atoms with Crippen LogP contribution in [0.1, 0.15) is 0 Å². The van der Waals surface area contributed by atoms with E-state index in [2.05, 4.69) is 5.32 Å². The molecule has 0 saturated carbocycles. The van der Waals surface area contributed by atoms with Crippen molar-refractivity contribution in [2.45, 2.75) is 0 Å². The number of amides is 1. The maximum absolute atomic E-state index is 11.0. The Kier molecular flexibility index (Phi) is 3.64. The van der Waals surface area contributed by atoms with E-state index in [0.717, 1.165) is 0 Å². The van der Waals surface area contributed by atoms with Gasteiger partial charge in [-0.15, -0.1) is 0 Å². The number of nitrogens with one attached hydrogen (secondary N) is 1. The molecule has 0 atom stereocenters. The molecule has 1 aromatic rings. The molecule has 0 fully saturated rings. The quantitative estimate of drug-likeness (QED) is 0.313. The van der Waals surface area contributed by atoms with E-state index in [1.165, 1.54) is 18.2 Å². The molecule has 0 saturated heterocycles. The number of hydrogen-bond acceptors (Lipinski definition) is 4. The number of carbonyl (C=O) groups is 1. The Morgan fingerprint density at radius 2 is 2.06 bits per heavy atom. The van der Waals surface area contributed by atoms with Gasteiger partial charge < -0.3 is 0 Å². The van der Waals surface area contributed by atoms with Gasteiger partial charge in [0.15, 0.2) is 0 Å². The monoisotopic (exact) mass is 289 g/mol. The first kappa shape index (κ1) is 12.6. The van der Waals surface area contributed by atoms with Crippen molar-refractivity contribution in [1.29, 1.82) is 0 Å². The van der Waals surface area contributed by atoms with E-state index in [4.69, 9.17) is 19.7 Å². The average molecular weight is 289 g/mol. The zero-order valence-electron chi connectivity index (χ0n) is 8.25. The summed E-state index contributed by atoms with van der Waals surface area (Å²) in [5.74, 6) is -0.553. The average Bonchev–Trinajstić information content (AvgIpc) is 2.14. The fourth-order valence-electron chi connectivity index (χ4n) is 1.07. The fourth-order valence-corrected chi connectivity index (χ4v) is 2.28. The van der Waals surface area contributed by atoms with Gasteiger partial charge in [-0.2, -0.15) is 0 Å². The van der Waals surface area contributed by atoms with Crippen LogP contribution in [-0.2, 0) is 8.53 Å². The first-order chi connectivity index (χ1) is 7.30. The topological polar surface area (TPSA) is 139 Å². The summed E-state index contributed by atoms with van der Waals surface area (Å²) >= 11 is -4.91. The Balaban J connectivity index is 2.92. The van der Waals surface area contributed by atoms with Crippen LogP contribution in [0.5, 0.6) is 0 Å². The number of carbonyl (C=O) groups excluding carboxylic acids is 1. The Hall–Kier alpha value is -1.43. The van der Waals surface area contributed by atoms with Crippen LogP contribution >= 0.6 is 0 Å². The summed E-state index contributed by atoms with van der Waals surface area (Å²) in [5.41, 5.74) is 11.0. The molecule has 0 unspecified atom stereocenters. The standard InChI is InChI=1S/C8H12AsN3O4/c10-6-3-5(9(14,15)16)1-2-7(6)12-4-8(11)13/h1-3,12H,4,10H2,(H2,11,13)(H2,14,15,16). The summed E-state index contributed by atoms with van der Waals surface area (Å²) in [6.45, 7) is -0.0928. The van der Waals surface area contributed by atoms with E-state index >= 15 is 0 Å². The molecule has 88 valence electrons. The first-order valence-corrected chi connectivity index (χ1v) is 7.67. The normalized spacial score (nSPS) is 11.1. The molecule has 0 aliphatic heterocycles. The molecule has 0 aromatic heterocycles. The van der Waals surface area contributed by atoms with Crippen LogP contribution in [0.3, 0.4) is 0 Å². The van der Waals surface area contributed by atoms with Crippen molar-refractivity contribution in [3.63, 3.8) is 0 Å². The number of primary amides is 1. The summed E-state index contributed by atoms with van der Waals surface area (Å²) in [5, 5.41) is 2.65. The molecule has 0 radical (unpaired) electrons. The van der Waals surface area contributed by atoms with E-state index in [9.17, 15) is 8.53 Å². The van der Waals surface area contributed by atoms with Gasteiger partial charge in [-0.1, -0.05) is 0 Å². The van der Waals surface area contributed by atoms with E-state index in [-0.39, 0.29) is 16.6 Å². The molecular formula is C8H12AsN3O4. The summed E-state index contributed by atoms with van der Waals surface area (Å²) in [7, 11) is 0. The van der Waals surface area contributed by atoms with Crippen LogP contribution in [0.4, 0.5) is 11.4 Å². The van der Waals surface area contributed by atoms with Crippen LogP contribution in [0.25, 0.3) is 0 Å². The van der Waals surface area contributed by atoms with Gasteiger partial charge in [0.2, 0.25) is 0 Å². The Bertz CT molecular complexity index is 457. The number of hydrogen-bond donors (Lipinski definition) is 5. The van der Waals surface area contributed by atoms with Crippen LogP contribution < -0.4 is 21.1 Å². The second-order valence-corrected chi connectivity index (χ2v) is 6.50. The Morgan fingerprint density at radius 1 is 1.44 bits per heavy atom. The molecule has 0 heterocycles. The molecule has 0 aliphatic rings.